The van der Waals surface area contributed by atoms with Gasteiger partial charge in [-0.3, -0.25) is 4.90 Å². The Kier molecular flexibility index (Phi) is 4.34. The zero-order chi connectivity index (χ0) is 19.1. The molecular weight excluding hydrogens is 370 g/mol. The predicted molar refractivity (Wildman–Crippen MR) is 110 cm³/mol. The summed E-state index contributed by atoms with van der Waals surface area (Å²) in [5.74, 6) is 0.806. The summed E-state index contributed by atoms with van der Waals surface area (Å²) in [6, 6.07) is 14.0. The van der Waals surface area contributed by atoms with Crippen LogP contribution >= 0.6 is 11.6 Å². The molecule has 4 aromatic rings. The molecule has 140 valence electrons. The summed E-state index contributed by atoms with van der Waals surface area (Å²) in [6.45, 7) is 4.69. The Morgan fingerprint density at radius 2 is 1.93 bits per heavy atom. The monoisotopic (exact) mass is 389 g/mol. The Labute approximate surface area is 168 Å². The maximum atomic E-state index is 6.20. The normalized spacial score (nSPS) is 14.4. The highest BCUT2D eigenvalue weighted by Gasteiger charge is 2.21. The molecule has 4 heterocycles. The first kappa shape index (κ1) is 17.3. The van der Waals surface area contributed by atoms with Crippen LogP contribution in [0.3, 0.4) is 0 Å². The first-order chi connectivity index (χ1) is 13.7. The number of aromatic nitrogens is 4. The number of rotatable bonds is 3. The second-order valence-corrected chi connectivity index (χ2v) is 7.65. The Morgan fingerprint density at radius 1 is 1.07 bits per heavy atom. The predicted octanol–water partition coefficient (Wildman–Crippen LogP) is 4.31. The zero-order valence-electron chi connectivity index (χ0n) is 15.6. The standard InChI is InChI=1S/C22H20ClN5/c1-15-20(28-13-18(23)7-8-21(28)25-15)14-27-10-9-19-17(12-27)11-24-22(26-19)16-5-3-2-4-6-16/h2-8,11,13H,9-10,12,14H2,1H3. The van der Waals surface area contributed by atoms with Crippen molar-refractivity contribution in [2.24, 2.45) is 0 Å². The number of hydrogen-bond donors (Lipinski definition) is 0. The summed E-state index contributed by atoms with van der Waals surface area (Å²) in [6.07, 6.45) is 4.85. The second kappa shape index (κ2) is 7.00. The number of imidazole rings is 1. The lowest BCUT2D eigenvalue weighted by molar-refractivity contribution is 0.239. The minimum absolute atomic E-state index is 0.719. The van der Waals surface area contributed by atoms with Crippen LogP contribution < -0.4 is 0 Å². The van der Waals surface area contributed by atoms with Crippen LogP contribution in [0.1, 0.15) is 22.6 Å². The van der Waals surface area contributed by atoms with Crippen LogP contribution in [0.5, 0.6) is 0 Å². The molecular formula is C22H20ClN5. The van der Waals surface area contributed by atoms with E-state index in [0.29, 0.717) is 0 Å². The lowest BCUT2D eigenvalue weighted by Crippen LogP contribution is -2.31. The lowest BCUT2D eigenvalue weighted by atomic mass is 10.1. The SMILES string of the molecule is Cc1nc2ccc(Cl)cn2c1CN1CCc2nc(-c3ccccc3)ncc2C1. The third kappa shape index (κ3) is 3.17. The number of pyridine rings is 1. The highest BCUT2D eigenvalue weighted by Crippen LogP contribution is 2.24. The van der Waals surface area contributed by atoms with E-state index < -0.39 is 0 Å². The van der Waals surface area contributed by atoms with Gasteiger partial charge in [0.15, 0.2) is 5.82 Å². The summed E-state index contributed by atoms with van der Waals surface area (Å²) < 4.78 is 2.10. The maximum Gasteiger partial charge on any atom is 0.159 e. The van der Waals surface area contributed by atoms with E-state index in [1.54, 1.807) is 0 Å². The van der Waals surface area contributed by atoms with E-state index in [0.717, 1.165) is 59.5 Å². The molecule has 0 unspecified atom stereocenters. The van der Waals surface area contributed by atoms with Crippen LogP contribution in [-0.4, -0.2) is 30.8 Å². The molecule has 0 fully saturated rings. The molecule has 1 aromatic carbocycles. The number of benzene rings is 1. The van der Waals surface area contributed by atoms with Crippen molar-refractivity contribution >= 4 is 17.2 Å². The average Bonchev–Trinajstić information content (AvgIpc) is 3.03. The van der Waals surface area contributed by atoms with Gasteiger partial charge in [0, 0.05) is 49.6 Å². The van der Waals surface area contributed by atoms with Crippen molar-refractivity contribution in [2.75, 3.05) is 6.54 Å². The quantitative estimate of drug-likeness (QED) is 0.523. The summed E-state index contributed by atoms with van der Waals surface area (Å²) in [5.41, 5.74) is 6.58. The van der Waals surface area contributed by atoms with E-state index in [1.165, 1.54) is 11.3 Å². The molecule has 0 amide bonds. The Morgan fingerprint density at radius 3 is 2.79 bits per heavy atom. The molecule has 0 saturated heterocycles. The molecule has 0 bridgehead atoms. The first-order valence-corrected chi connectivity index (χ1v) is 9.81. The minimum Gasteiger partial charge on any atom is -0.301 e. The molecule has 5 nitrogen and oxygen atoms in total. The van der Waals surface area contributed by atoms with Crippen LogP contribution in [0.15, 0.2) is 54.9 Å². The molecule has 6 heteroatoms. The first-order valence-electron chi connectivity index (χ1n) is 9.43. The third-order valence-corrected chi connectivity index (χ3v) is 5.52. The van der Waals surface area contributed by atoms with E-state index in [-0.39, 0.29) is 0 Å². The van der Waals surface area contributed by atoms with Crippen molar-refractivity contribution in [2.45, 2.75) is 26.4 Å². The highest BCUT2D eigenvalue weighted by molar-refractivity contribution is 6.30. The number of aryl methyl sites for hydroxylation is 1. The molecule has 1 aliphatic heterocycles. The van der Waals surface area contributed by atoms with Crippen LogP contribution in [0.25, 0.3) is 17.0 Å². The Hall–Kier alpha value is -2.76. The summed E-state index contributed by atoms with van der Waals surface area (Å²) in [4.78, 5) is 16.5. The van der Waals surface area contributed by atoms with Gasteiger partial charge in [0.2, 0.25) is 0 Å². The number of hydrogen-bond acceptors (Lipinski definition) is 4. The molecule has 0 aliphatic carbocycles. The van der Waals surface area contributed by atoms with Crippen molar-refractivity contribution in [1.82, 2.24) is 24.3 Å². The highest BCUT2D eigenvalue weighted by atomic mass is 35.5. The van der Waals surface area contributed by atoms with E-state index in [9.17, 15) is 0 Å². The second-order valence-electron chi connectivity index (χ2n) is 7.21. The fourth-order valence-corrected chi connectivity index (χ4v) is 3.98. The zero-order valence-corrected chi connectivity index (χ0v) is 16.4. The van der Waals surface area contributed by atoms with Gasteiger partial charge in [0.25, 0.3) is 0 Å². The van der Waals surface area contributed by atoms with Crippen molar-refractivity contribution < 1.29 is 0 Å². The van der Waals surface area contributed by atoms with Crippen LogP contribution in [0.4, 0.5) is 0 Å². The minimum atomic E-state index is 0.719. The smallest absolute Gasteiger partial charge is 0.159 e. The molecule has 0 spiro atoms. The van der Waals surface area contributed by atoms with E-state index in [1.807, 2.05) is 42.7 Å². The molecule has 5 rings (SSSR count). The fraction of sp³-hybridized carbons (Fsp3) is 0.227. The molecule has 3 aromatic heterocycles. The number of halogens is 1. The molecule has 0 saturated carbocycles. The van der Waals surface area contributed by atoms with Crippen molar-refractivity contribution in [1.29, 1.82) is 0 Å². The topological polar surface area (TPSA) is 46.3 Å². The largest absolute Gasteiger partial charge is 0.301 e. The Balaban J connectivity index is 1.40. The lowest BCUT2D eigenvalue weighted by Gasteiger charge is -2.28. The van der Waals surface area contributed by atoms with Gasteiger partial charge in [-0.1, -0.05) is 41.9 Å². The van der Waals surface area contributed by atoms with E-state index in [4.69, 9.17) is 16.6 Å². The maximum absolute atomic E-state index is 6.20. The molecule has 0 N–H and O–H groups in total. The molecule has 1 aliphatic rings. The van der Waals surface area contributed by atoms with Gasteiger partial charge < -0.3 is 4.40 Å². The van der Waals surface area contributed by atoms with Gasteiger partial charge in [-0.15, -0.1) is 0 Å². The van der Waals surface area contributed by atoms with Gasteiger partial charge in [0.05, 0.1) is 22.1 Å². The van der Waals surface area contributed by atoms with Crippen molar-refractivity contribution in [3.8, 4) is 11.4 Å². The van der Waals surface area contributed by atoms with Crippen LogP contribution in [0, 0.1) is 6.92 Å². The number of fused-ring (bicyclic) bond motifs is 2. The van der Waals surface area contributed by atoms with Crippen molar-refractivity contribution in [3.05, 3.63) is 82.5 Å². The summed E-state index contributed by atoms with van der Waals surface area (Å²) >= 11 is 6.20. The van der Waals surface area contributed by atoms with Gasteiger partial charge in [-0.2, -0.15) is 0 Å². The van der Waals surface area contributed by atoms with E-state index in [2.05, 4.69) is 38.3 Å². The molecule has 0 atom stereocenters. The molecule has 28 heavy (non-hydrogen) atoms. The van der Waals surface area contributed by atoms with Gasteiger partial charge in [-0.25, -0.2) is 15.0 Å². The molecule has 0 radical (unpaired) electrons. The number of nitrogens with zero attached hydrogens (tertiary/aromatic N) is 5. The summed E-state index contributed by atoms with van der Waals surface area (Å²) in [5, 5.41) is 0.719. The summed E-state index contributed by atoms with van der Waals surface area (Å²) in [7, 11) is 0. The van der Waals surface area contributed by atoms with E-state index >= 15 is 0 Å². The fourth-order valence-electron chi connectivity index (χ4n) is 3.82. The average molecular weight is 390 g/mol. The van der Waals surface area contributed by atoms with Gasteiger partial charge >= 0.3 is 0 Å². The van der Waals surface area contributed by atoms with Gasteiger partial charge in [-0.05, 0) is 19.1 Å². The van der Waals surface area contributed by atoms with Gasteiger partial charge in [0.1, 0.15) is 5.65 Å². The van der Waals surface area contributed by atoms with Crippen molar-refractivity contribution in [3.63, 3.8) is 0 Å². The van der Waals surface area contributed by atoms with Crippen LogP contribution in [0.2, 0.25) is 5.02 Å². The van der Waals surface area contributed by atoms with Crippen LogP contribution in [-0.2, 0) is 19.5 Å². The third-order valence-electron chi connectivity index (χ3n) is 5.30. The Bertz CT molecular complexity index is 1150.